The third kappa shape index (κ3) is 6.88. The molecular weight excluding hydrogens is 435 g/mol. The highest BCUT2D eigenvalue weighted by Crippen LogP contribution is 2.28. The van der Waals surface area contributed by atoms with Gasteiger partial charge >= 0.3 is 0 Å². The van der Waals surface area contributed by atoms with Crippen molar-refractivity contribution in [1.82, 2.24) is 15.5 Å². The first-order valence-corrected chi connectivity index (χ1v) is 10.2. The third-order valence-corrected chi connectivity index (χ3v) is 5.99. The fourth-order valence-corrected chi connectivity index (χ4v) is 4.14. The molecule has 0 aromatic heterocycles. The number of hydrogen-bond donors (Lipinski definition) is 2. The molecule has 7 heteroatoms. The number of nitrogens with zero attached hydrogens (tertiary/aromatic N) is 2. The molecule has 142 valence electrons. The Labute approximate surface area is 169 Å². The van der Waals surface area contributed by atoms with E-state index in [9.17, 15) is 0 Å². The molecule has 1 heterocycles. The number of halogens is 1. The summed E-state index contributed by atoms with van der Waals surface area (Å²) >= 11 is 1.99. The highest BCUT2D eigenvalue weighted by Gasteiger charge is 2.29. The van der Waals surface area contributed by atoms with Gasteiger partial charge in [-0.25, -0.2) is 0 Å². The lowest BCUT2D eigenvalue weighted by Gasteiger charge is -2.40. The number of aliphatic imine (C=N–C) groups is 1. The maximum Gasteiger partial charge on any atom is 0.191 e. The molecule has 2 unspecified atom stereocenters. The minimum absolute atomic E-state index is 0. The molecule has 0 amide bonds. The highest BCUT2D eigenvalue weighted by molar-refractivity contribution is 14.0. The Bertz CT molecular complexity index is 389. The lowest BCUT2D eigenvalue weighted by atomic mass is 10.0. The largest absolute Gasteiger partial charge is 0.379 e. The van der Waals surface area contributed by atoms with Gasteiger partial charge in [0.15, 0.2) is 5.96 Å². The minimum atomic E-state index is 0. The van der Waals surface area contributed by atoms with E-state index >= 15 is 0 Å². The lowest BCUT2D eigenvalue weighted by molar-refractivity contribution is -0.00684. The number of guanidine groups is 1. The molecule has 2 aliphatic rings. The van der Waals surface area contributed by atoms with Crippen molar-refractivity contribution < 1.29 is 4.74 Å². The van der Waals surface area contributed by atoms with E-state index in [2.05, 4.69) is 42.6 Å². The van der Waals surface area contributed by atoms with Crippen molar-refractivity contribution in [1.29, 1.82) is 0 Å². The van der Waals surface area contributed by atoms with Gasteiger partial charge < -0.3 is 15.4 Å². The molecular formula is C17H35IN4OS. The molecule has 0 radical (unpaired) electrons. The first-order chi connectivity index (χ1) is 11.0. The fraction of sp³-hybridized carbons (Fsp3) is 0.941. The van der Waals surface area contributed by atoms with Crippen molar-refractivity contribution in [2.24, 2.45) is 4.99 Å². The molecule has 1 aliphatic carbocycles. The van der Waals surface area contributed by atoms with Crippen molar-refractivity contribution in [3.05, 3.63) is 0 Å². The van der Waals surface area contributed by atoms with Crippen LogP contribution >= 0.6 is 35.7 Å². The van der Waals surface area contributed by atoms with Crippen molar-refractivity contribution in [2.75, 3.05) is 45.6 Å². The molecule has 2 fully saturated rings. The monoisotopic (exact) mass is 470 g/mol. The summed E-state index contributed by atoms with van der Waals surface area (Å²) in [5, 5.41) is 7.85. The molecule has 0 aromatic carbocycles. The Kier molecular flexibility index (Phi) is 10.3. The molecule has 5 nitrogen and oxygen atoms in total. The predicted octanol–water partition coefficient (Wildman–Crippen LogP) is 2.55. The SMILES string of the molecule is CCNC(=NCC(C)(C)N1CCOCC1)NC1CCC(SC)C1.I. The zero-order valence-electron chi connectivity index (χ0n) is 15.6. The number of morpholine rings is 1. The van der Waals surface area contributed by atoms with Gasteiger partial charge in [0, 0.05) is 36.5 Å². The molecule has 2 rings (SSSR count). The smallest absolute Gasteiger partial charge is 0.191 e. The van der Waals surface area contributed by atoms with Gasteiger partial charge in [-0.2, -0.15) is 11.8 Å². The van der Waals surface area contributed by atoms with Crippen LogP contribution in [0.3, 0.4) is 0 Å². The van der Waals surface area contributed by atoms with Gasteiger partial charge in [-0.3, -0.25) is 9.89 Å². The second-order valence-electron chi connectivity index (χ2n) is 7.12. The van der Waals surface area contributed by atoms with Crippen LogP contribution in [0.4, 0.5) is 0 Å². The topological polar surface area (TPSA) is 48.9 Å². The average molecular weight is 470 g/mol. The molecule has 2 N–H and O–H groups in total. The van der Waals surface area contributed by atoms with Crippen molar-refractivity contribution >= 4 is 41.7 Å². The second kappa shape index (κ2) is 11.1. The molecule has 24 heavy (non-hydrogen) atoms. The van der Waals surface area contributed by atoms with E-state index < -0.39 is 0 Å². The maximum absolute atomic E-state index is 5.46. The van der Waals surface area contributed by atoms with Gasteiger partial charge in [0.05, 0.1) is 19.8 Å². The molecule has 0 bridgehead atoms. The van der Waals surface area contributed by atoms with E-state index in [1.165, 1.54) is 19.3 Å². The summed E-state index contributed by atoms with van der Waals surface area (Å²) in [7, 11) is 0. The predicted molar refractivity (Wildman–Crippen MR) is 116 cm³/mol. The van der Waals surface area contributed by atoms with E-state index in [-0.39, 0.29) is 29.5 Å². The Balaban J connectivity index is 0.00000288. The summed E-state index contributed by atoms with van der Waals surface area (Å²) in [5.41, 5.74) is 0.0730. The number of rotatable bonds is 6. The van der Waals surface area contributed by atoms with Crippen LogP contribution in [0, 0.1) is 0 Å². The van der Waals surface area contributed by atoms with Gasteiger partial charge in [-0.1, -0.05) is 0 Å². The summed E-state index contributed by atoms with van der Waals surface area (Å²) in [5.74, 6) is 0.973. The lowest BCUT2D eigenvalue weighted by Crippen LogP contribution is -2.52. The van der Waals surface area contributed by atoms with E-state index in [1.807, 2.05) is 11.8 Å². The van der Waals surface area contributed by atoms with Crippen LogP contribution < -0.4 is 10.6 Å². The van der Waals surface area contributed by atoms with Crippen LogP contribution in [0.1, 0.15) is 40.0 Å². The minimum Gasteiger partial charge on any atom is -0.379 e. The van der Waals surface area contributed by atoms with Gasteiger partial charge in [-0.15, -0.1) is 24.0 Å². The number of thioether (sulfide) groups is 1. The van der Waals surface area contributed by atoms with E-state index in [1.54, 1.807) is 0 Å². The summed E-state index contributed by atoms with van der Waals surface area (Å²) in [4.78, 5) is 7.37. The zero-order valence-corrected chi connectivity index (χ0v) is 18.8. The Morgan fingerprint density at radius 1 is 1.29 bits per heavy atom. The van der Waals surface area contributed by atoms with E-state index in [0.717, 1.165) is 50.6 Å². The first-order valence-electron chi connectivity index (χ1n) is 8.95. The van der Waals surface area contributed by atoms with Gasteiger partial charge in [0.25, 0.3) is 0 Å². The number of hydrogen-bond acceptors (Lipinski definition) is 4. The summed E-state index contributed by atoms with van der Waals surface area (Å²) < 4.78 is 5.46. The molecule has 1 saturated heterocycles. The van der Waals surface area contributed by atoms with Crippen molar-refractivity contribution in [3.8, 4) is 0 Å². The molecule has 0 aromatic rings. The maximum atomic E-state index is 5.46. The molecule has 1 saturated carbocycles. The average Bonchev–Trinajstić information content (AvgIpc) is 3.01. The van der Waals surface area contributed by atoms with Crippen LogP contribution in [0.25, 0.3) is 0 Å². The summed E-state index contributed by atoms with van der Waals surface area (Å²) in [6.45, 7) is 12.1. The summed E-state index contributed by atoms with van der Waals surface area (Å²) in [6, 6.07) is 0.566. The number of nitrogens with one attached hydrogen (secondary N) is 2. The van der Waals surface area contributed by atoms with Crippen molar-refractivity contribution in [3.63, 3.8) is 0 Å². The normalized spacial score (nSPS) is 26.1. The fourth-order valence-electron chi connectivity index (χ4n) is 3.34. The Hall–Kier alpha value is 0.270. The van der Waals surface area contributed by atoms with Gasteiger partial charge in [-0.05, 0) is 46.3 Å². The Morgan fingerprint density at radius 3 is 2.58 bits per heavy atom. The van der Waals surface area contributed by atoms with Gasteiger partial charge in [0.1, 0.15) is 0 Å². The number of ether oxygens (including phenoxy) is 1. The van der Waals surface area contributed by atoms with Crippen LogP contribution in [0.2, 0.25) is 0 Å². The van der Waals surface area contributed by atoms with Crippen LogP contribution in [0.15, 0.2) is 4.99 Å². The van der Waals surface area contributed by atoms with E-state index in [4.69, 9.17) is 9.73 Å². The Morgan fingerprint density at radius 2 is 2.00 bits per heavy atom. The van der Waals surface area contributed by atoms with Gasteiger partial charge in [0.2, 0.25) is 0 Å². The summed E-state index contributed by atoms with van der Waals surface area (Å²) in [6.07, 6.45) is 6.04. The van der Waals surface area contributed by atoms with Crippen LogP contribution in [-0.2, 0) is 4.74 Å². The van der Waals surface area contributed by atoms with Crippen LogP contribution in [-0.4, -0.2) is 73.3 Å². The third-order valence-electron chi connectivity index (χ3n) is 4.89. The van der Waals surface area contributed by atoms with E-state index in [0.29, 0.717) is 6.04 Å². The molecule has 1 aliphatic heterocycles. The zero-order chi connectivity index (χ0) is 16.7. The quantitative estimate of drug-likeness (QED) is 0.355. The molecule has 2 atom stereocenters. The van der Waals surface area contributed by atoms with Crippen LogP contribution in [0.5, 0.6) is 0 Å². The highest BCUT2D eigenvalue weighted by atomic mass is 127. The first kappa shape index (κ1) is 22.3. The molecule has 0 spiro atoms. The second-order valence-corrected chi connectivity index (χ2v) is 8.26. The standard InChI is InChI=1S/C17H34N4OS.HI/c1-5-18-16(20-14-6-7-15(12-14)23-4)19-13-17(2,3)21-8-10-22-11-9-21;/h14-15H,5-13H2,1-4H3,(H2,18,19,20);1H. The van der Waals surface area contributed by atoms with Crippen molar-refractivity contribution in [2.45, 2.75) is 56.9 Å².